The van der Waals surface area contributed by atoms with Crippen LogP contribution in [0.15, 0.2) is 182 Å². The van der Waals surface area contributed by atoms with Gasteiger partial charge in [0.05, 0.1) is 61.8 Å². The third-order valence-electron chi connectivity index (χ3n) is 15.9. The van der Waals surface area contributed by atoms with Crippen LogP contribution in [-0.2, 0) is 18.5 Å². The summed E-state index contributed by atoms with van der Waals surface area (Å²) in [6, 6.07) is 52.6. The largest absolute Gasteiger partial charge is 0.418 e. The van der Waals surface area contributed by atoms with Crippen molar-refractivity contribution in [2.24, 2.45) is 0 Å². The molecule has 0 aliphatic heterocycles. The average molecular weight is 1100 g/mol. The topological polar surface area (TPSA) is 33.6 Å². The summed E-state index contributed by atoms with van der Waals surface area (Å²) < 4.78 is 138. The molecule has 0 aliphatic rings. The predicted molar refractivity (Wildman–Crippen MR) is 310 cm³/mol. The number of hydrogen-bond acceptors (Lipinski definition) is 1. The Balaban J connectivity index is 1.22. The highest BCUT2D eigenvalue weighted by Gasteiger charge is 2.38. The lowest BCUT2D eigenvalue weighted by molar-refractivity contribution is -0.138. The van der Waals surface area contributed by atoms with E-state index in [2.05, 4.69) is 12.1 Å². The van der Waals surface area contributed by atoms with Crippen molar-refractivity contribution in [2.75, 3.05) is 0 Å². The monoisotopic (exact) mass is 1100 g/mol. The van der Waals surface area contributed by atoms with Crippen LogP contribution in [-0.4, -0.2) is 9.13 Å². The third-order valence-corrected chi connectivity index (χ3v) is 15.9. The Hall–Kier alpha value is -9.34. The molecule has 0 atom stereocenters. The molecule has 12 aromatic rings. The van der Waals surface area contributed by atoms with E-state index in [1.54, 1.807) is 77.6 Å². The van der Waals surface area contributed by atoms with E-state index < -0.39 is 35.2 Å². The van der Waals surface area contributed by atoms with Gasteiger partial charge in [-0.1, -0.05) is 120 Å². The van der Waals surface area contributed by atoms with Gasteiger partial charge in [0, 0.05) is 27.1 Å². The second-order valence-corrected chi connectivity index (χ2v) is 21.4. The fourth-order valence-electron chi connectivity index (χ4n) is 12.0. The summed E-state index contributed by atoms with van der Waals surface area (Å²) in [6.45, 7) is 11.1. The van der Waals surface area contributed by atoms with Crippen molar-refractivity contribution in [3.05, 3.63) is 238 Å². The lowest BCUT2D eigenvalue weighted by Crippen LogP contribution is -2.13. The van der Waals surface area contributed by atoms with E-state index in [1.165, 1.54) is 18.2 Å². The minimum atomic E-state index is -5.04. The molecule has 0 amide bonds. The van der Waals surface area contributed by atoms with Crippen LogP contribution < -0.4 is 0 Å². The molecule has 12 rings (SSSR count). The lowest BCUT2D eigenvalue weighted by atomic mass is 9.96. The van der Waals surface area contributed by atoms with Crippen molar-refractivity contribution >= 4 is 43.6 Å². The number of alkyl halides is 9. The van der Waals surface area contributed by atoms with E-state index in [0.29, 0.717) is 88.1 Å². The molecule has 0 N–H and O–H groups in total. The number of fused-ring (bicyclic) bond motifs is 6. The highest BCUT2D eigenvalue weighted by Crippen LogP contribution is 2.48. The maximum atomic E-state index is 16.9. The Morgan fingerprint density at radius 3 is 1.05 bits per heavy atom. The molecule has 0 radical (unpaired) electrons. The van der Waals surface area contributed by atoms with Gasteiger partial charge in [0.1, 0.15) is 0 Å². The van der Waals surface area contributed by atoms with E-state index in [9.17, 15) is 31.6 Å². The van der Waals surface area contributed by atoms with E-state index in [1.807, 2.05) is 100 Å². The Morgan fingerprint density at radius 1 is 0.329 bits per heavy atom. The molecule has 82 heavy (non-hydrogen) atoms. The van der Waals surface area contributed by atoms with Gasteiger partial charge in [-0.15, -0.1) is 0 Å². The van der Waals surface area contributed by atoms with E-state index >= 15 is 13.2 Å². The van der Waals surface area contributed by atoms with E-state index in [-0.39, 0.29) is 16.9 Å². The first-order chi connectivity index (χ1) is 38.9. The van der Waals surface area contributed by atoms with Crippen LogP contribution in [0.3, 0.4) is 0 Å². The van der Waals surface area contributed by atoms with Crippen LogP contribution in [0.25, 0.3) is 111 Å². The Morgan fingerprint density at radius 2 is 0.695 bits per heavy atom. The second kappa shape index (κ2) is 19.4. The first-order valence-electron chi connectivity index (χ1n) is 26.4. The Bertz CT molecular complexity index is 4670. The van der Waals surface area contributed by atoms with Crippen LogP contribution in [0.5, 0.6) is 0 Å². The summed E-state index contributed by atoms with van der Waals surface area (Å²) in [7, 11) is 0. The minimum Gasteiger partial charge on any atom is -0.309 e. The summed E-state index contributed by atoms with van der Waals surface area (Å²) >= 11 is 0. The van der Waals surface area contributed by atoms with Crippen LogP contribution in [0.1, 0.15) is 55.6 Å². The third kappa shape index (κ3) is 9.24. The second-order valence-electron chi connectivity index (χ2n) is 21.4. The highest BCUT2D eigenvalue weighted by molar-refractivity contribution is 6.13. The van der Waals surface area contributed by atoms with Crippen molar-refractivity contribution in [3.8, 4) is 73.1 Å². The quantitative estimate of drug-likeness (QED) is 0.146. The van der Waals surface area contributed by atoms with Crippen molar-refractivity contribution in [1.29, 1.82) is 5.26 Å². The Kier molecular flexibility index (Phi) is 12.6. The van der Waals surface area contributed by atoms with Crippen molar-refractivity contribution < 1.29 is 39.5 Å². The highest BCUT2D eigenvalue weighted by atomic mass is 19.4. The van der Waals surface area contributed by atoms with Crippen molar-refractivity contribution in [1.82, 2.24) is 9.13 Å². The molecule has 2 heterocycles. The van der Waals surface area contributed by atoms with Gasteiger partial charge in [-0.3, -0.25) is 0 Å². The average Bonchev–Trinajstić information content (AvgIpc) is 1.78. The number of aryl methyl sites for hydroxylation is 6. The molecule has 0 bridgehead atoms. The zero-order valence-electron chi connectivity index (χ0n) is 45.1. The predicted octanol–water partition coefficient (Wildman–Crippen LogP) is 21.0. The zero-order chi connectivity index (χ0) is 57.9. The summed E-state index contributed by atoms with van der Waals surface area (Å²) in [4.78, 5) is 0. The molecule has 10 aromatic carbocycles. The number of halogens is 9. The fourth-order valence-corrected chi connectivity index (χ4v) is 12.0. The van der Waals surface area contributed by atoms with Crippen molar-refractivity contribution in [2.45, 2.75) is 60.1 Å². The number of nitriles is 1. The molecule has 0 saturated carbocycles. The van der Waals surface area contributed by atoms with Gasteiger partial charge in [-0.2, -0.15) is 44.8 Å². The molecule has 12 heteroatoms. The Labute approximate surface area is 466 Å². The molecular formula is C70H48F9N3. The fraction of sp³-hybridized carbons (Fsp3) is 0.129. The summed E-state index contributed by atoms with van der Waals surface area (Å²) in [5.74, 6) is 0. The molecule has 3 nitrogen and oxygen atoms in total. The van der Waals surface area contributed by atoms with Crippen LogP contribution in [0, 0.1) is 52.9 Å². The number of rotatable bonds is 7. The van der Waals surface area contributed by atoms with Gasteiger partial charge in [0.25, 0.3) is 0 Å². The van der Waals surface area contributed by atoms with Crippen LogP contribution in [0.2, 0.25) is 0 Å². The van der Waals surface area contributed by atoms with Gasteiger partial charge in [-0.05, 0) is 187 Å². The smallest absolute Gasteiger partial charge is 0.309 e. The zero-order valence-corrected chi connectivity index (χ0v) is 45.1. The standard InChI is InChI=1S/C70H48F9N3/c1-38-10-18-52(40(3)26-38)46-12-20-56-57-21-14-48(54-24-16-50(28-42(54)5)68(71,72)73)32-63(57)81(62(56)31-46)66-36-61(70(77,78)79)67(35-60(66)45-9-7-8-44(30-45)37-80)82-64-33-47(53-19-11-39(2)27-41(53)4)13-22-58(64)59-23-15-49(34-65(59)82)55-25-17-51(29-43(55)6)69(74,75)76/h7-36H,1-6H3. The molecule has 2 aromatic heterocycles. The van der Waals surface area contributed by atoms with Gasteiger partial charge in [-0.25, -0.2) is 0 Å². The first-order valence-corrected chi connectivity index (χ1v) is 26.4. The van der Waals surface area contributed by atoms with Crippen LogP contribution >= 0.6 is 0 Å². The van der Waals surface area contributed by atoms with E-state index in [4.69, 9.17) is 0 Å². The summed E-state index contributed by atoms with van der Waals surface area (Å²) in [5, 5.41) is 12.9. The number of benzene rings is 10. The van der Waals surface area contributed by atoms with Gasteiger partial charge >= 0.3 is 18.5 Å². The molecule has 406 valence electrons. The summed E-state index contributed by atoms with van der Waals surface area (Å²) in [5.41, 5.74) is 9.84. The molecule has 0 fully saturated rings. The first kappa shape index (κ1) is 53.3. The normalized spacial score (nSPS) is 12.3. The van der Waals surface area contributed by atoms with Crippen molar-refractivity contribution in [3.63, 3.8) is 0 Å². The summed E-state index contributed by atoms with van der Waals surface area (Å²) in [6.07, 6.45) is -14.2. The maximum absolute atomic E-state index is 16.9. The van der Waals surface area contributed by atoms with E-state index in [0.717, 1.165) is 74.8 Å². The SMILES string of the molecule is Cc1ccc(-c2ccc3c4ccc(-c5ccc(C(F)(F)F)cc5C)cc4n(-c4cc(C(F)(F)F)c(-n5c6cc(-c7ccc(C)cc7C)ccc6c6ccc(-c7ccc(C(F)(F)F)cc7C)cc65)cc4-c4cccc(C#N)c4)c3c2)c(C)c1. The minimum absolute atomic E-state index is 0.100. The van der Waals surface area contributed by atoms with Crippen LogP contribution in [0.4, 0.5) is 39.5 Å². The number of hydrogen-bond donors (Lipinski definition) is 0. The molecular weight excluding hydrogens is 1050 g/mol. The van der Waals surface area contributed by atoms with Gasteiger partial charge in [0.2, 0.25) is 0 Å². The molecule has 0 unspecified atom stereocenters. The number of aromatic nitrogens is 2. The van der Waals surface area contributed by atoms with Gasteiger partial charge in [0.15, 0.2) is 0 Å². The van der Waals surface area contributed by atoms with Gasteiger partial charge < -0.3 is 9.13 Å². The lowest BCUT2D eigenvalue weighted by Gasteiger charge is -2.23. The molecule has 0 spiro atoms. The maximum Gasteiger partial charge on any atom is 0.418 e. The number of nitrogens with zero attached hydrogens (tertiary/aromatic N) is 3. The molecule has 0 aliphatic carbocycles. The molecule has 0 saturated heterocycles.